The van der Waals surface area contributed by atoms with Gasteiger partial charge in [0, 0.05) is 6.42 Å². The lowest BCUT2D eigenvalue weighted by molar-refractivity contribution is -0.126. The van der Waals surface area contributed by atoms with Crippen LogP contribution in [0.3, 0.4) is 0 Å². The van der Waals surface area contributed by atoms with Crippen molar-refractivity contribution in [3.8, 4) is 0 Å². The third-order valence-corrected chi connectivity index (χ3v) is 3.99. The van der Waals surface area contributed by atoms with Gasteiger partial charge in [0.1, 0.15) is 5.54 Å². The minimum atomic E-state index is -0.741. The number of ketones is 1. The molecule has 1 aromatic carbocycles. The molecule has 18 heavy (non-hydrogen) atoms. The zero-order chi connectivity index (χ0) is 13.4. The van der Waals surface area contributed by atoms with Gasteiger partial charge in [-0.05, 0) is 29.4 Å². The molecular weight excluding hydrogens is 222 g/mol. The zero-order valence-electron chi connectivity index (χ0n) is 11.6. The fourth-order valence-corrected chi connectivity index (χ4v) is 2.62. The summed E-state index contributed by atoms with van der Waals surface area (Å²) >= 11 is 0. The number of hydrogen-bond acceptors (Lipinski definition) is 2. The third-order valence-electron chi connectivity index (χ3n) is 3.99. The van der Waals surface area contributed by atoms with Crippen molar-refractivity contribution in [1.82, 2.24) is 0 Å². The molecular formula is C16H23NO. The summed E-state index contributed by atoms with van der Waals surface area (Å²) in [7, 11) is 0. The van der Waals surface area contributed by atoms with E-state index in [9.17, 15) is 4.79 Å². The van der Waals surface area contributed by atoms with E-state index in [2.05, 4.69) is 32.9 Å². The fourth-order valence-electron chi connectivity index (χ4n) is 2.62. The number of benzene rings is 1. The van der Waals surface area contributed by atoms with Crippen molar-refractivity contribution in [3.63, 3.8) is 0 Å². The van der Waals surface area contributed by atoms with Gasteiger partial charge in [-0.25, -0.2) is 0 Å². The Morgan fingerprint density at radius 3 is 2.22 bits per heavy atom. The van der Waals surface area contributed by atoms with Crippen LogP contribution < -0.4 is 5.73 Å². The summed E-state index contributed by atoms with van der Waals surface area (Å²) in [5.74, 6) is 0.192. The molecule has 2 heteroatoms. The van der Waals surface area contributed by atoms with E-state index in [1.165, 1.54) is 5.56 Å². The molecule has 0 aliphatic heterocycles. The highest BCUT2D eigenvalue weighted by Gasteiger charge is 2.37. The second kappa shape index (κ2) is 4.51. The van der Waals surface area contributed by atoms with Gasteiger partial charge >= 0.3 is 0 Å². The Hall–Kier alpha value is -1.15. The number of nitrogens with two attached hydrogens (primary N) is 1. The van der Waals surface area contributed by atoms with Gasteiger partial charge in [0.2, 0.25) is 0 Å². The maximum Gasteiger partial charge on any atom is 0.157 e. The molecule has 1 atom stereocenters. The predicted octanol–water partition coefficient (Wildman–Crippen LogP) is 3.28. The molecule has 1 saturated carbocycles. The molecule has 1 fully saturated rings. The molecule has 0 heterocycles. The number of Topliss-reactive ketones (excluding diaryl/α,β-unsaturated/α-hetero) is 1. The summed E-state index contributed by atoms with van der Waals surface area (Å²) in [6, 6.07) is 8.27. The van der Waals surface area contributed by atoms with E-state index < -0.39 is 5.54 Å². The Bertz CT molecular complexity index is 441. The Morgan fingerprint density at radius 2 is 1.72 bits per heavy atom. The number of carbonyl (C=O) groups excluding carboxylic acids is 1. The van der Waals surface area contributed by atoms with Gasteiger partial charge in [0.15, 0.2) is 5.78 Å². The highest BCUT2D eigenvalue weighted by atomic mass is 16.1. The molecule has 98 valence electrons. The van der Waals surface area contributed by atoms with Crippen LogP contribution in [0, 0.1) is 0 Å². The standard InChI is InChI=1S/C16H23NO/c1-15(2,3)12-7-9-13(10-8-12)16(17)11-5-4-6-14(16)18/h7-10H,4-6,11,17H2,1-3H3. The first-order chi connectivity index (χ1) is 8.34. The monoisotopic (exact) mass is 245 g/mol. The minimum Gasteiger partial charge on any atom is -0.315 e. The Labute approximate surface area is 110 Å². The first-order valence-corrected chi connectivity index (χ1v) is 6.77. The zero-order valence-corrected chi connectivity index (χ0v) is 11.6. The number of rotatable bonds is 1. The molecule has 0 spiro atoms. The topological polar surface area (TPSA) is 43.1 Å². The molecule has 1 aliphatic carbocycles. The van der Waals surface area contributed by atoms with Gasteiger partial charge in [0.25, 0.3) is 0 Å². The van der Waals surface area contributed by atoms with Crippen LogP contribution in [0.15, 0.2) is 24.3 Å². The van der Waals surface area contributed by atoms with E-state index >= 15 is 0 Å². The molecule has 0 aromatic heterocycles. The highest BCUT2D eigenvalue weighted by molar-refractivity contribution is 5.90. The lowest BCUT2D eigenvalue weighted by Crippen LogP contribution is -2.46. The molecule has 1 aromatic rings. The maximum atomic E-state index is 12.1. The molecule has 2 rings (SSSR count). The number of carbonyl (C=O) groups is 1. The van der Waals surface area contributed by atoms with Crippen molar-refractivity contribution < 1.29 is 4.79 Å². The summed E-state index contributed by atoms with van der Waals surface area (Å²) in [5, 5.41) is 0. The normalized spacial score (nSPS) is 25.2. The van der Waals surface area contributed by atoms with Gasteiger partial charge in [-0.2, -0.15) is 0 Å². The quantitative estimate of drug-likeness (QED) is 0.825. The smallest absolute Gasteiger partial charge is 0.157 e. The molecule has 0 bridgehead atoms. The van der Waals surface area contributed by atoms with Crippen LogP contribution in [0.2, 0.25) is 0 Å². The van der Waals surface area contributed by atoms with Crippen LogP contribution in [0.4, 0.5) is 0 Å². The van der Waals surface area contributed by atoms with Crippen molar-refractivity contribution in [2.24, 2.45) is 5.73 Å². The Kier molecular flexibility index (Phi) is 3.33. The molecule has 1 unspecified atom stereocenters. The SMILES string of the molecule is CC(C)(C)c1ccc(C2(N)CCCCC2=O)cc1. The van der Waals surface area contributed by atoms with E-state index in [1.807, 2.05) is 12.1 Å². The van der Waals surface area contributed by atoms with Gasteiger partial charge in [-0.3, -0.25) is 4.79 Å². The van der Waals surface area contributed by atoms with Crippen LogP contribution in [0.25, 0.3) is 0 Å². The average Bonchev–Trinajstić information content (AvgIpc) is 2.32. The third kappa shape index (κ3) is 2.35. The van der Waals surface area contributed by atoms with Gasteiger partial charge in [0.05, 0.1) is 0 Å². The first kappa shape index (κ1) is 13.3. The van der Waals surface area contributed by atoms with Crippen molar-refractivity contribution in [2.75, 3.05) is 0 Å². The lowest BCUT2D eigenvalue weighted by atomic mass is 9.75. The van der Waals surface area contributed by atoms with Crippen molar-refractivity contribution in [1.29, 1.82) is 0 Å². The molecule has 2 nitrogen and oxygen atoms in total. The van der Waals surface area contributed by atoms with Crippen LogP contribution in [-0.4, -0.2) is 5.78 Å². The average molecular weight is 245 g/mol. The van der Waals surface area contributed by atoms with E-state index in [0.29, 0.717) is 6.42 Å². The lowest BCUT2D eigenvalue weighted by Gasteiger charge is -2.32. The largest absolute Gasteiger partial charge is 0.315 e. The summed E-state index contributed by atoms with van der Waals surface area (Å²) < 4.78 is 0. The Balaban J connectivity index is 2.31. The molecule has 0 radical (unpaired) electrons. The minimum absolute atomic E-state index is 0.136. The fraction of sp³-hybridized carbons (Fsp3) is 0.562. The van der Waals surface area contributed by atoms with Crippen molar-refractivity contribution in [3.05, 3.63) is 35.4 Å². The van der Waals surface area contributed by atoms with Crippen LogP contribution in [0.5, 0.6) is 0 Å². The maximum absolute atomic E-state index is 12.1. The summed E-state index contributed by atoms with van der Waals surface area (Å²) in [6.07, 6.45) is 3.43. The molecule has 0 amide bonds. The summed E-state index contributed by atoms with van der Waals surface area (Å²) in [5.41, 5.74) is 7.98. The highest BCUT2D eigenvalue weighted by Crippen LogP contribution is 2.33. The van der Waals surface area contributed by atoms with Crippen molar-refractivity contribution >= 4 is 5.78 Å². The summed E-state index contributed by atoms with van der Waals surface area (Å²) in [6.45, 7) is 6.56. The molecule has 0 saturated heterocycles. The van der Waals surface area contributed by atoms with E-state index in [1.54, 1.807) is 0 Å². The second-order valence-electron chi connectivity index (χ2n) is 6.43. The van der Waals surface area contributed by atoms with Crippen LogP contribution >= 0.6 is 0 Å². The molecule has 2 N–H and O–H groups in total. The van der Waals surface area contributed by atoms with Crippen LogP contribution in [-0.2, 0) is 15.7 Å². The summed E-state index contributed by atoms with van der Waals surface area (Å²) in [4.78, 5) is 12.1. The van der Waals surface area contributed by atoms with E-state index in [4.69, 9.17) is 5.73 Å². The van der Waals surface area contributed by atoms with E-state index in [0.717, 1.165) is 24.8 Å². The van der Waals surface area contributed by atoms with Crippen LogP contribution in [0.1, 0.15) is 57.6 Å². The van der Waals surface area contributed by atoms with Gasteiger partial charge in [-0.1, -0.05) is 51.5 Å². The van der Waals surface area contributed by atoms with Crippen molar-refractivity contribution in [2.45, 2.75) is 57.4 Å². The first-order valence-electron chi connectivity index (χ1n) is 6.77. The van der Waals surface area contributed by atoms with E-state index in [-0.39, 0.29) is 11.2 Å². The predicted molar refractivity (Wildman–Crippen MR) is 74.5 cm³/mol. The van der Waals surface area contributed by atoms with Gasteiger partial charge < -0.3 is 5.73 Å². The molecule has 1 aliphatic rings. The second-order valence-corrected chi connectivity index (χ2v) is 6.43. The van der Waals surface area contributed by atoms with Gasteiger partial charge in [-0.15, -0.1) is 0 Å². The number of hydrogen-bond donors (Lipinski definition) is 1. The Morgan fingerprint density at radius 1 is 1.11 bits per heavy atom.